The minimum atomic E-state index is -1.02. The first-order valence-corrected chi connectivity index (χ1v) is 5.91. The van der Waals surface area contributed by atoms with Crippen LogP contribution in [-0.4, -0.2) is 29.6 Å². The smallest absolute Gasteiger partial charge is 0.326 e. The zero-order chi connectivity index (χ0) is 13.1. The van der Waals surface area contributed by atoms with Gasteiger partial charge < -0.3 is 15.2 Å². The minimum absolute atomic E-state index is 0.356. The van der Waals surface area contributed by atoms with E-state index in [-0.39, 0.29) is 5.91 Å². The van der Waals surface area contributed by atoms with E-state index in [9.17, 15) is 9.59 Å². The Balaban J connectivity index is 2.12. The molecule has 5 heteroatoms. The average molecular weight is 249 g/mol. The number of carbonyl (C=O) groups is 2. The third kappa shape index (κ3) is 2.45. The fourth-order valence-electron chi connectivity index (χ4n) is 1.91. The molecule has 0 aliphatic carbocycles. The van der Waals surface area contributed by atoms with Crippen molar-refractivity contribution in [3.63, 3.8) is 0 Å². The lowest BCUT2D eigenvalue weighted by Gasteiger charge is -2.12. The molecule has 1 atom stereocenters. The van der Waals surface area contributed by atoms with Crippen LogP contribution in [0.15, 0.2) is 18.2 Å². The van der Waals surface area contributed by atoms with Crippen LogP contribution in [0.2, 0.25) is 0 Å². The van der Waals surface area contributed by atoms with E-state index >= 15 is 0 Å². The minimum Gasteiger partial charge on any atom is -0.493 e. The Bertz CT molecular complexity index is 484. The molecule has 5 nitrogen and oxygen atoms in total. The molecule has 0 saturated carbocycles. The zero-order valence-corrected chi connectivity index (χ0v) is 10.1. The topological polar surface area (TPSA) is 75.6 Å². The lowest BCUT2D eigenvalue weighted by Crippen LogP contribution is -2.40. The van der Waals surface area contributed by atoms with Crippen molar-refractivity contribution in [1.82, 2.24) is 5.32 Å². The lowest BCUT2D eigenvalue weighted by molar-refractivity contribution is -0.139. The van der Waals surface area contributed by atoms with E-state index in [4.69, 9.17) is 9.84 Å². The second kappa shape index (κ2) is 5.08. The number of hydrogen-bond donors (Lipinski definition) is 2. The van der Waals surface area contributed by atoms with Crippen molar-refractivity contribution in [2.75, 3.05) is 6.61 Å². The Morgan fingerprint density at radius 1 is 1.50 bits per heavy atom. The van der Waals surface area contributed by atoms with Crippen LogP contribution in [-0.2, 0) is 11.2 Å². The molecule has 18 heavy (non-hydrogen) atoms. The summed E-state index contributed by atoms with van der Waals surface area (Å²) in [4.78, 5) is 22.8. The highest BCUT2D eigenvalue weighted by atomic mass is 16.5. The van der Waals surface area contributed by atoms with Gasteiger partial charge in [0.05, 0.1) is 6.61 Å². The van der Waals surface area contributed by atoms with Gasteiger partial charge in [0, 0.05) is 12.0 Å². The molecule has 1 unspecified atom stereocenters. The summed E-state index contributed by atoms with van der Waals surface area (Å²) in [5, 5.41) is 11.4. The summed E-state index contributed by atoms with van der Waals surface area (Å²) in [6.45, 7) is 2.35. The first-order valence-electron chi connectivity index (χ1n) is 5.91. The van der Waals surface area contributed by atoms with Gasteiger partial charge in [-0.1, -0.05) is 6.92 Å². The Morgan fingerprint density at radius 2 is 2.28 bits per heavy atom. The molecule has 1 aliphatic rings. The zero-order valence-electron chi connectivity index (χ0n) is 10.1. The van der Waals surface area contributed by atoms with E-state index in [1.54, 1.807) is 25.1 Å². The standard InChI is InChI=1S/C13H15NO4/c1-2-10(13(16)17)14-12(15)9-3-4-11-8(7-9)5-6-18-11/h3-4,7,10H,2,5-6H2,1H3,(H,14,15)(H,16,17). The Morgan fingerprint density at radius 3 is 2.94 bits per heavy atom. The molecule has 96 valence electrons. The maximum absolute atomic E-state index is 11.9. The second-order valence-electron chi connectivity index (χ2n) is 4.19. The van der Waals surface area contributed by atoms with Crippen molar-refractivity contribution in [3.8, 4) is 5.75 Å². The van der Waals surface area contributed by atoms with E-state index in [1.165, 1.54) is 0 Å². The predicted molar refractivity (Wildman–Crippen MR) is 64.8 cm³/mol. The van der Waals surface area contributed by atoms with E-state index in [1.807, 2.05) is 0 Å². The van der Waals surface area contributed by atoms with Gasteiger partial charge in [-0.3, -0.25) is 4.79 Å². The SMILES string of the molecule is CCC(NC(=O)c1ccc2c(c1)CCO2)C(=O)O. The largest absolute Gasteiger partial charge is 0.493 e. The van der Waals surface area contributed by atoms with E-state index in [2.05, 4.69) is 5.32 Å². The monoisotopic (exact) mass is 249 g/mol. The molecule has 0 bridgehead atoms. The van der Waals surface area contributed by atoms with Crippen LogP contribution in [0, 0.1) is 0 Å². The lowest BCUT2D eigenvalue weighted by atomic mass is 10.1. The number of carboxylic acid groups (broad SMARTS) is 1. The average Bonchev–Trinajstić information content (AvgIpc) is 2.82. The van der Waals surface area contributed by atoms with Gasteiger partial charge in [0.15, 0.2) is 0 Å². The Kier molecular flexibility index (Phi) is 3.50. The van der Waals surface area contributed by atoms with Gasteiger partial charge in [0.1, 0.15) is 11.8 Å². The summed E-state index contributed by atoms with van der Waals surface area (Å²) in [6, 6.07) is 4.31. The molecule has 0 aromatic heterocycles. The normalized spacial score (nSPS) is 14.5. The van der Waals surface area contributed by atoms with Gasteiger partial charge in [-0.2, -0.15) is 0 Å². The van der Waals surface area contributed by atoms with Crippen LogP contribution in [0.3, 0.4) is 0 Å². The summed E-state index contributed by atoms with van der Waals surface area (Å²) in [5.41, 5.74) is 1.46. The first kappa shape index (κ1) is 12.4. The molecule has 0 spiro atoms. The molecule has 1 amide bonds. The number of rotatable bonds is 4. The molecule has 1 aromatic rings. The number of nitrogens with one attached hydrogen (secondary N) is 1. The summed E-state index contributed by atoms with van der Waals surface area (Å²) in [5.74, 6) is -0.578. The molecule has 0 fully saturated rings. The van der Waals surface area contributed by atoms with Crippen molar-refractivity contribution in [2.45, 2.75) is 25.8 Å². The molecule has 1 aliphatic heterocycles. The highest BCUT2D eigenvalue weighted by Crippen LogP contribution is 2.25. The number of aliphatic carboxylic acids is 1. The number of benzene rings is 1. The fraction of sp³-hybridized carbons (Fsp3) is 0.385. The first-order chi connectivity index (χ1) is 8.61. The number of amides is 1. The molecule has 0 radical (unpaired) electrons. The van der Waals surface area contributed by atoms with Crippen LogP contribution in [0.4, 0.5) is 0 Å². The van der Waals surface area contributed by atoms with Crippen molar-refractivity contribution < 1.29 is 19.4 Å². The van der Waals surface area contributed by atoms with Crippen molar-refractivity contribution in [1.29, 1.82) is 0 Å². The number of ether oxygens (including phenoxy) is 1. The summed E-state index contributed by atoms with van der Waals surface area (Å²) in [6.07, 6.45) is 1.14. The third-order valence-electron chi connectivity index (χ3n) is 2.96. The highest BCUT2D eigenvalue weighted by molar-refractivity contribution is 5.96. The van der Waals surface area contributed by atoms with Crippen molar-refractivity contribution in [2.24, 2.45) is 0 Å². The van der Waals surface area contributed by atoms with E-state index < -0.39 is 12.0 Å². The number of carbonyl (C=O) groups excluding carboxylic acids is 1. The summed E-state index contributed by atoms with van der Waals surface area (Å²) >= 11 is 0. The van der Waals surface area contributed by atoms with E-state index in [0.29, 0.717) is 18.6 Å². The third-order valence-corrected chi connectivity index (χ3v) is 2.96. The summed E-state index contributed by atoms with van der Waals surface area (Å²) in [7, 11) is 0. The fourth-order valence-corrected chi connectivity index (χ4v) is 1.91. The van der Waals surface area contributed by atoms with Gasteiger partial charge in [-0.25, -0.2) is 4.79 Å². The molecular weight excluding hydrogens is 234 g/mol. The van der Waals surface area contributed by atoms with Crippen LogP contribution in [0.1, 0.15) is 29.3 Å². The van der Waals surface area contributed by atoms with Crippen LogP contribution >= 0.6 is 0 Å². The Hall–Kier alpha value is -2.04. The van der Waals surface area contributed by atoms with Gasteiger partial charge in [-0.15, -0.1) is 0 Å². The number of hydrogen-bond acceptors (Lipinski definition) is 3. The predicted octanol–water partition coefficient (Wildman–Crippen LogP) is 1.21. The van der Waals surface area contributed by atoms with Crippen molar-refractivity contribution >= 4 is 11.9 Å². The number of carboxylic acids is 1. The van der Waals surface area contributed by atoms with E-state index in [0.717, 1.165) is 17.7 Å². The molecular formula is C13H15NO4. The van der Waals surface area contributed by atoms with Crippen molar-refractivity contribution in [3.05, 3.63) is 29.3 Å². The van der Waals surface area contributed by atoms with Crippen LogP contribution in [0.25, 0.3) is 0 Å². The quantitative estimate of drug-likeness (QED) is 0.841. The van der Waals surface area contributed by atoms with Gasteiger partial charge in [-0.05, 0) is 30.2 Å². The maximum Gasteiger partial charge on any atom is 0.326 e. The van der Waals surface area contributed by atoms with Crippen LogP contribution < -0.4 is 10.1 Å². The maximum atomic E-state index is 11.9. The van der Waals surface area contributed by atoms with Gasteiger partial charge >= 0.3 is 5.97 Å². The second-order valence-corrected chi connectivity index (χ2v) is 4.19. The number of fused-ring (bicyclic) bond motifs is 1. The highest BCUT2D eigenvalue weighted by Gasteiger charge is 2.20. The molecule has 0 saturated heterocycles. The Labute approximate surface area is 105 Å². The molecule has 1 aromatic carbocycles. The van der Waals surface area contributed by atoms with Crippen LogP contribution in [0.5, 0.6) is 5.75 Å². The van der Waals surface area contributed by atoms with Gasteiger partial charge in [0.2, 0.25) is 0 Å². The molecule has 2 N–H and O–H groups in total. The molecule has 1 heterocycles. The summed E-state index contributed by atoms with van der Waals surface area (Å²) < 4.78 is 5.35. The molecule has 2 rings (SSSR count). The van der Waals surface area contributed by atoms with Gasteiger partial charge in [0.25, 0.3) is 5.91 Å².